The summed E-state index contributed by atoms with van der Waals surface area (Å²) in [6, 6.07) is 6.00. The minimum Gasteiger partial charge on any atom is -0.353 e. The van der Waals surface area contributed by atoms with Gasteiger partial charge in [-0.1, -0.05) is 31.5 Å². The Morgan fingerprint density at radius 2 is 1.93 bits per heavy atom. The summed E-state index contributed by atoms with van der Waals surface area (Å²) in [5, 5.41) is 16.4. The van der Waals surface area contributed by atoms with E-state index in [4.69, 9.17) is 16.6 Å². The number of likely N-dealkylation sites (N-methyl/N-ethyl adjacent to an activating group) is 1. The molecule has 1 unspecified atom stereocenters. The highest BCUT2D eigenvalue weighted by Gasteiger charge is 2.38. The Hall–Kier alpha value is -3.47. The molecule has 0 bridgehead atoms. The molecule has 2 saturated heterocycles. The van der Waals surface area contributed by atoms with Crippen LogP contribution >= 0.6 is 11.6 Å². The van der Waals surface area contributed by atoms with Gasteiger partial charge in [0, 0.05) is 44.8 Å². The van der Waals surface area contributed by atoms with Gasteiger partial charge in [0.25, 0.3) is 5.56 Å². The van der Waals surface area contributed by atoms with Crippen molar-refractivity contribution < 1.29 is 13.2 Å². The fourth-order valence-corrected chi connectivity index (χ4v) is 5.65. The van der Waals surface area contributed by atoms with Crippen LogP contribution in [0.15, 0.2) is 29.2 Å². The van der Waals surface area contributed by atoms with Crippen LogP contribution in [0.25, 0.3) is 16.6 Å². The molecule has 14 heteroatoms. The first-order valence-corrected chi connectivity index (χ1v) is 13.5. The second-order valence-corrected chi connectivity index (χ2v) is 10.2. The SMILES string of the molecule is CCN(CC)C1CN(c2nc(N3CCNC(CC#N)C3)c3cnn(-c4cccc(Cl)c4C(F)(F)F)c(=O)c3n2)C1. The second-order valence-electron chi connectivity index (χ2n) is 9.84. The number of hydrogen-bond donors (Lipinski definition) is 1. The fourth-order valence-electron chi connectivity index (χ4n) is 5.37. The summed E-state index contributed by atoms with van der Waals surface area (Å²) in [7, 11) is 0. The number of nitrogens with zero attached hydrogens (tertiary/aromatic N) is 8. The van der Waals surface area contributed by atoms with E-state index in [0.29, 0.717) is 67.0 Å². The van der Waals surface area contributed by atoms with E-state index >= 15 is 0 Å². The normalized spacial score (nSPS) is 18.3. The van der Waals surface area contributed by atoms with Crippen LogP contribution in [0.2, 0.25) is 5.02 Å². The van der Waals surface area contributed by atoms with Crippen molar-refractivity contribution in [3.05, 3.63) is 45.3 Å². The lowest BCUT2D eigenvalue weighted by atomic mass is 10.1. The number of rotatable bonds is 7. The summed E-state index contributed by atoms with van der Waals surface area (Å²) in [4.78, 5) is 29.4. The maximum atomic E-state index is 13.9. The molecule has 2 aliphatic rings. The van der Waals surface area contributed by atoms with Crippen LogP contribution in [-0.4, -0.2) is 82.5 Å². The van der Waals surface area contributed by atoms with Crippen molar-refractivity contribution in [1.29, 1.82) is 5.26 Å². The van der Waals surface area contributed by atoms with E-state index in [0.717, 1.165) is 25.2 Å². The number of nitrogens with one attached hydrogen (secondary N) is 1. The summed E-state index contributed by atoms with van der Waals surface area (Å²) in [6.07, 6.45) is -3.18. The lowest BCUT2D eigenvalue weighted by Crippen LogP contribution is -2.60. The Morgan fingerprint density at radius 1 is 1.18 bits per heavy atom. The van der Waals surface area contributed by atoms with Gasteiger partial charge in [-0.3, -0.25) is 9.69 Å². The average Bonchev–Trinajstić information content (AvgIpc) is 2.90. The van der Waals surface area contributed by atoms with Gasteiger partial charge in [-0.15, -0.1) is 0 Å². The van der Waals surface area contributed by atoms with Crippen LogP contribution in [0.3, 0.4) is 0 Å². The van der Waals surface area contributed by atoms with Crippen LogP contribution in [0, 0.1) is 11.3 Å². The summed E-state index contributed by atoms with van der Waals surface area (Å²) < 4.78 is 42.5. The van der Waals surface area contributed by atoms with Crippen LogP contribution < -0.4 is 20.7 Å². The van der Waals surface area contributed by atoms with Crippen molar-refractivity contribution >= 4 is 34.3 Å². The first-order chi connectivity index (χ1) is 19.2. The number of hydrogen-bond acceptors (Lipinski definition) is 9. The number of anilines is 2. The van der Waals surface area contributed by atoms with Gasteiger partial charge in [-0.2, -0.15) is 33.2 Å². The molecule has 2 fully saturated rings. The van der Waals surface area contributed by atoms with Crippen molar-refractivity contribution in [2.24, 2.45) is 0 Å². The highest BCUT2D eigenvalue weighted by atomic mass is 35.5. The Bertz CT molecular complexity index is 1500. The lowest BCUT2D eigenvalue weighted by Gasteiger charge is -2.45. The van der Waals surface area contributed by atoms with Gasteiger partial charge in [0.05, 0.1) is 40.3 Å². The molecule has 0 spiro atoms. The monoisotopic (exact) mass is 575 g/mol. The lowest BCUT2D eigenvalue weighted by molar-refractivity contribution is -0.137. The number of halogens is 4. The number of nitriles is 1. The standard InChI is InChI=1S/C26H29ClF3N9O/c1-3-36(4-2)17-14-38(15-17)25-34-22-18(23(35-25)37-11-10-32-16(13-37)8-9-31)12-33-39(24(22)40)20-7-5-6-19(27)21(20)26(28,29)30/h5-7,12,16-17,32H,3-4,8,10-11,13-15H2,1-2H3. The molecule has 212 valence electrons. The molecule has 2 aromatic heterocycles. The third-order valence-corrected chi connectivity index (χ3v) is 7.80. The molecule has 10 nitrogen and oxygen atoms in total. The van der Waals surface area contributed by atoms with Crippen LogP contribution in [-0.2, 0) is 6.18 Å². The van der Waals surface area contributed by atoms with E-state index in [1.165, 1.54) is 12.3 Å². The van der Waals surface area contributed by atoms with Crippen molar-refractivity contribution in [3.63, 3.8) is 0 Å². The molecule has 2 aliphatic heterocycles. The molecule has 0 saturated carbocycles. The van der Waals surface area contributed by atoms with E-state index in [-0.39, 0.29) is 11.6 Å². The molecule has 1 atom stereocenters. The van der Waals surface area contributed by atoms with Gasteiger partial charge in [0.15, 0.2) is 0 Å². The maximum absolute atomic E-state index is 13.9. The molecular weight excluding hydrogens is 547 g/mol. The van der Waals surface area contributed by atoms with Crippen molar-refractivity contribution in [2.45, 2.75) is 38.5 Å². The molecule has 0 aliphatic carbocycles. The first kappa shape index (κ1) is 28.1. The summed E-state index contributed by atoms with van der Waals surface area (Å²) in [5.74, 6) is 0.799. The third-order valence-electron chi connectivity index (χ3n) is 7.48. The average molecular weight is 576 g/mol. The highest BCUT2D eigenvalue weighted by Crippen LogP contribution is 2.38. The van der Waals surface area contributed by atoms with Crippen molar-refractivity contribution in [1.82, 2.24) is 30.0 Å². The van der Waals surface area contributed by atoms with Gasteiger partial charge in [-0.25, -0.2) is 4.98 Å². The predicted molar refractivity (Wildman–Crippen MR) is 146 cm³/mol. The number of piperazine rings is 1. The summed E-state index contributed by atoms with van der Waals surface area (Å²) >= 11 is 5.92. The first-order valence-electron chi connectivity index (χ1n) is 13.2. The van der Waals surface area contributed by atoms with Crippen LogP contribution in [0.4, 0.5) is 24.9 Å². The van der Waals surface area contributed by atoms with Crippen molar-refractivity contribution in [3.8, 4) is 11.8 Å². The Labute approximate surface area is 234 Å². The molecule has 40 heavy (non-hydrogen) atoms. The van der Waals surface area contributed by atoms with Gasteiger partial charge in [0.2, 0.25) is 5.95 Å². The van der Waals surface area contributed by atoms with Crippen LogP contribution in [0.1, 0.15) is 25.8 Å². The number of aromatic nitrogens is 4. The molecule has 1 N–H and O–H groups in total. The van der Waals surface area contributed by atoms with Crippen molar-refractivity contribution in [2.75, 3.05) is 55.6 Å². The zero-order valence-electron chi connectivity index (χ0n) is 22.1. The molecule has 0 radical (unpaired) electrons. The van der Waals surface area contributed by atoms with Gasteiger partial charge < -0.3 is 15.1 Å². The topological polar surface area (TPSA) is 106 Å². The molecule has 1 aromatic carbocycles. The third kappa shape index (κ3) is 5.18. The van der Waals surface area contributed by atoms with Crippen LogP contribution in [0.5, 0.6) is 0 Å². The predicted octanol–water partition coefficient (Wildman–Crippen LogP) is 3.07. The zero-order chi connectivity index (χ0) is 28.6. The largest absolute Gasteiger partial charge is 0.419 e. The smallest absolute Gasteiger partial charge is 0.353 e. The van der Waals surface area contributed by atoms with E-state index in [2.05, 4.69) is 40.2 Å². The van der Waals surface area contributed by atoms with Gasteiger partial charge in [0.1, 0.15) is 11.3 Å². The summed E-state index contributed by atoms with van der Waals surface area (Å²) in [5.41, 5.74) is -2.47. The van der Waals surface area contributed by atoms with Gasteiger partial charge in [-0.05, 0) is 25.2 Å². The zero-order valence-corrected chi connectivity index (χ0v) is 22.9. The minimum atomic E-state index is -4.81. The minimum absolute atomic E-state index is 0.0373. The van der Waals surface area contributed by atoms with E-state index in [1.54, 1.807) is 0 Å². The Kier molecular flexibility index (Phi) is 7.85. The van der Waals surface area contributed by atoms with E-state index in [9.17, 15) is 23.2 Å². The highest BCUT2D eigenvalue weighted by molar-refractivity contribution is 6.31. The van der Waals surface area contributed by atoms with E-state index in [1.807, 2.05) is 9.80 Å². The molecule has 0 amide bonds. The number of benzene rings is 1. The molecule has 3 aromatic rings. The Balaban J connectivity index is 1.64. The fraction of sp³-hybridized carbons (Fsp3) is 0.500. The molecule has 5 rings (SSSR count). The van der Waals surface area contributed by atoms with E-state index < -0.39 is 28.0 Å². The molecule has 4 heterocycles. The number of fused-ring (bicyclic) bond motifs is 1. The second kappa shape index (κ2) is 11.2. The van der Waals surface area contributed by atoms with Gasteiger partial charge >= 0.3 is 6.18 Å². The number of alkyl halides is 3. The quantitative estimate of drug-likeness (QED) is 0.455. The Morgan fingerprint density at radius 3 is 2.60 bits per heavy atom. The maximum Gasteiger partial charge on any atom is 0.419 e. The summed E-state index contributed by atoms with van der Waals surface area (Å²) in [6.45, 7) is 8.95. The molecular formula is C26H29ClF3N9O.